The first-order valence-electron chi connectivity index (χ1n) is 9.75. The van der Waals surface area contributed by atoms with Crippen molar-refractivity contribution in [3.8, 4) is 17.2 Å². The summed E-state index contributed by atoms with van der Waals surface area (Å²) in [6, 6.07) is 16.2. The van der Waals surface area contributed by atoms with Crippen molar-refractivity contribution < 1.29 is 14.2 Å². The zero-order valence-electron chi connectivity index (χ0n) is 16.8. The highest BCUT2D eigenvalue weighted by Gasteiger charge is 2.27. The maximum atomic E-state index is 6.03. The molecule has 0 amide bonds. The molecule has 156 valence electrons. The van der Waals surface area contributed by atoms with E-state index in [1.807, 2.05) is 43.4 Å². The Kier molecular flexibility index (Phi) is 7.46. The summed E-state index contributed by atoms with van der Waals surface area (Å²) in [5.41, 5.74) is 1.35. The molecule has 0 aliphatic carbocycles. The zero-order chi connectivity index (χ0) is 19.3. The number of aliphatic imine (C=N–C) groups is 1. The topological polar surface area (TPSA) is 55.3 Å². The summed E-state index contributed by atoms with van der Waals surface area (Å²) < 4.78 is 17.1. The first kappa shape index (κ1) is 21.5. The van der Waals surface area contributed by atoms with Gasteiger partial charge in [-0.05, 0) is 36.2 Å². The van der Waals surface area contributed by atoms with Crippen molar-refractivity contribution in [1.29, 1.82) is 0 Å². The monoisotopic (exact) mass is 509 g/mol. The van der Waals surface area contributed by atoms with Crippen molar-refractivity contribution in [2.24, 2.45) is 4.99 Å². The summed E-state index contributed by atoms with van der Waals surface area (Å²) in [7, 11) is 3.53. The molecule has 2 heterocycles. The minimum atomic E-state index is -0.0355. The number of likely N-dealkylation sites (tertiary alicyclic amines) is 1. The highest BCUT2D eigenvalue weighted by molar-refractivity contribution is 14.0. The van der Waals surface area contributed by atoms with Gasteiger partial charge in [0, 0.05) is 26.1 Å². The molecule has 2 unspecified atom stereocenters. The minimum absolute atomic E-state index is 0. The van der Waals surface area contributed by atoms with Crippen molar-refractivity contribution in [2.75, 3.05) is 40.4 Å². The van der Waals surface area contributed by atoms with Gasteiger partial charge in [0.2, 0.25) is 0 Å². The second-order valence-corrected chi connectivity index (χ2v) is 7.13. The maximum absolute atomic E-state index is 6.03. The van der Waals surface area contributed by atoms with Crippen molar-refractivity contribution in [3.63, 3.8) is 0 Å². The Morgan fingerprint density at radius 3 is 2.66 bits per heavy atom. The van der Waals surface area contributed by atoms with Crippen LogP contribution in [0.25, 0.3) is 0 Å². The van der Waals surface area contributed by atoms with Gasteiger partial charge in [-0.2, -0.15) is 0 Å². The van der Waals surface area contributed by atoms with Gasteiger partial charge in [0.15, 0.2) is 17.5 Å². The Labute approximate surface area is 189 Å². The predicted octanol–water partition coefficient (Wildman–Crippen LogP) is 3.52. The highest BCUT2D eigenvalue weighted by atomic mass is 127. The van der Waals surface area contributed by atoms with E-state index in [0.717, 1.165) is 42.7 Å². The SMILES string of the molecule is CN=C(NCC1COc2ccccc2O1)N1CCC(c2ccc(OC)cc2)C1.I. The van der Waals surface area contributed by atoms with Crippen molar-refractivity contribution in [2.45, 2.75) is 18.4 Å². The Balaban J connectivity index is 0.00000240. The van der Waals surface area contributed by atoms with E-state index in [2.05, 4.69) is 27.3 Å². The molecule has 0 bridgehead atoms. The van der Waals surface area contributed by atoms with Gasteiger partial charge < -0.3 is 24.4 Å². The standard InChI is InChI=1S/C22H27N3O3.HI/c1-23-22(24-13-19-15-27-20-5-3-4-6-21(20)28-19)25-12-11-17(14-25)16-7-9-18(26-2)10-8-16;/h3-10,17,19H,11-15H2,1-2H3,(H,23,24);1H. The Morgan fingerprint density at radius 2 is 1.93 bits per heavy atom. The van der Waals surface area contributed by atoms with Crippen LogP contribution in [0.15, 0.2) is 53.5 Å². The lowest BCUT2D eigenvalue weighted by atomic mass is 9.98. The normalized spacial score (nSPS) is 20.8. The smallest absolute Gasteiger partial charge is 0.193 e. The van der Waals surface area contributed by atoms with E-state index in [1.54, 1.807) is 7.11 Å². The third-order valence-electron chi connectivity index (χ3n) is 5.34. The number of methoxy groups -OCH3 is 1. The molecule has 7 heteroatoms. The van der Waals surface area contributed by atoms with Crippen LogP contribution in [0.2, 0.25) is 0 Å². The van der Waals surface area contributed by atoms with E-state index < -0.39 is 0 Å². The molecule has 2 atom stereocenters. The molecule has 29 heavy (non-hydrogen) atoms. The fourth-order valence-electron chi connectivity index (χ4n) is 3.80. The average Bonchev–Trinajstić information content (AvgIpc) is 3.24. The average molecular weight is 509 g/mol. The third-order valence-corrected chi connectivity index (χ3v) is 5.34. The summed E-state index contributed by atoms with van der Waals surface area (Å²) in [6.07, 6.45) is 1.08. The van der Waals surface area contributed by atoms with E-state index in [4.69, 9.17) is 14.2 Å². The highest BCUT2D eigenvalue weighted by Crippen LogP contribution is 2.31. The second kappa shape index (κ2) is 10.0. The van der Waals surface area contributed by atoms with E-state index in [9.17, 15) is 0 Å². The fourth-order valence-corrected chi connectivity index (χ4v) is 3.80. The lowest BCUT2D eigenvalue weighted by Gasteiger charge is -2.28. The van der Waals surface area contributed by atoms with E-state index in [1.165, 1.54) is 5.56 Å². The number of nitrogens with one attached hydrogen (secondary N) is 1. The number of nitrogens with zero attached hydrogens (tertiary/aromatic N) is 2. The van der Waals surface area contributed by atoms with Crippen LogP contribution in [0.3, 0.4) is 0 Å². The van der Waals surface area contributed by atoms with Crippen LogP contribution in [0.1, 0.15) is 17.9 Å². The molecule has 0 saturated carbocycles. The van der Waals surface area contributed by atoms with Crippen molar-refractivity contribution in [1.82, 2.24) is 10.2 Å². The first-order valence-corrected chi connectivity index (χ1v) is 9.75. The number of rotatable bonds is 4. The third kappa shape index (κ3) is 5.07. The number of para-hydroxylation sites is 2. The number of fused-ring (bicyclic) bond motifs is 1. The van der Waals surface area contributed by atoms with Crippen molar-refractivity contribution >= 4 is 29.9 Å². The molecule has 2 aromatic carbocycles. The van der Waals surface area contributed by atoms with Gasteiger partial charge in [0.05, 0.1) is 13.7 Å². The maximum Gasteiger partial charge on any atom is 0.193 e. The van der Waals surface area contributed by atoms with Gasteiger partial charge >= 0.3 is 0 Å². The van der Waals surface area contributed by atoms with Crippen LogP contribution < -0.4 is 19.5 Å². The van der Waals surface area contributed by atoms with Gasteiger partial charge in [0.25, 0.3) is 0 Å². The molecule has 1 saturated heterocycles. The Bertz CT molecular complexity index is 828. The first-order chi connectivity index (χ1) is 13.8. The Hall–Kier alpha value is -2.16. The van der Waals surface area contributed by atoms with E-state index in [-0.39, 0.29) is 30.1 Å². The summed E-state index contributed by atoms with van der Waals surface area (Å²) in [5, 5.41) is 3.45. The second-order valence-electron chi connectivity index (χ2n) is 7.13. The molecule has 0 spiro atoms. The quantitative estimate of drug-likeness (QED) is 0.389. The zero-order valence-corrected chi connectivity index (χ0v) is 19.2. The number of hydrogen-bond acceptors (Lipinski definition) is 4. The lowest BCUT2D eigenvalue weighted by Crippen LogP contribution is -2.46. The van der Waals surface area contributed by atoms with Gasteiger partial charge in [-0.15, -0.1) is 24.0 Å². The molecule has 2 aliphatic rings. The van der Waals surface area contributed by atoms with Crippen LogP contribution >= 0.6 is 24.0 Å². The summed E-state index contributed by atoms with van der Waals surface area (Å²) in [4.78, 5) is 6.78. The molecule has 2 aromatic rings. The fraction of sp³-hybridized carbons (Fsp3) is 0.409. The van der Waals surface area contributed by atoms with E-state index >= 15 is 0 Å². The van der Waals surface area contributed by atoms with Crippen LogP contribution in [0.4, 0.5) is 0 Å². The van der Waals surface area contributed by atoms with Crippen LogP contribution in [0.5, 0.6) is 17.2 Å². The van der Waals surface area contributed by atoms with E-state index in [0.29, 0.717) is 19.1 Å². The lowest BCUT2D eigenvalue weighted by molar-refractivity contribution is 0.0932. The van der Waals surface area contributed by atoms with Gasteiger partial charge in [-0.3, -0.25) is 4.99 Å². The number of guanidine groups is 1. The molecular formula is C22H28IN3O3. The molecule has 4 rings (SSSR count). The van der Waals surface area contributed by atoms with Crippen LogP contribution in [-0.4, -0.2) is 57.4 Å². The van der Waals surface area contributed by atoms with Crippen LogP contribution in [-0.2, 0) is 0 Å². The summed E-state index contributed by atoms with van der Waals surface area (Å²) >= 11 is 0. The van der Waals surface area contributed by atoms with Gasteiger partial charge in [0.1, 0.15) is 18.5 Å². The minimum Gasteiger partial charge on any atom is -0.497 e. The summed E-state index contributed by atoms with van der Waals surface area (Å²) in [6.45, 7) is 3.14. The summed E-state index contributed by atoms with van der Waals surface area (Å²) in [5.74, 6) is 3.93. The number of halogens is 1. The molecule has 1 fully saturated rings. The van der Waals surface area contributed by atoms with Crippen molar-refractivity contribution in [3.05, 3.63) is 54.1 Å². The molecular weight excluding hydrogens is 481 g/mol. The van der Waals surface area contributed by atoms with Gasteiger partial charge in [-0.1, -0.05) is 24.3 Å². The molecule has 1 N–H and O–H groups in total. The number of hydrogen-bond donors (Lipinski definition) is 1. The molecule has 0 aromatic heterocycles. The molecule has 0 radical (unpaired) electrons. The molecule has 6 nitrogen and oxygen atoms in total. The number of benzene rings is 2. The van der Waals surface area contributed by atoms with Crippen LogP contribution in [0, 0.1) is 0 Å². The Morgan fingerprint density at radius 1 is 1.17 bits per heavy atom. The van der Waals surface area contributed by atoms with Gasteiger partial charge in [-0.25, -0.2) is 0 Å². The number of ether oxygens (including phenoxy) is 3. The predicted molar refractivity (Wildman–Crippen MR) is 125 cm³/mol. The molecule has 2 aliphatic heterocycles. The largest absolute Gasteiger partial charge is 0.497 e.